The Bertz CT molecular complexity index is 715. The second-order valence-corrected chi connectivity index (χ2v) is 7.31. The molecule has 23 heavy (non-hydrogen) atoms. The highest BCUT2D eigenvalue weighted by Crippen LogP contribution is 2.53. The van der Waals surface area contributed by atoms with Crippen molar-refractivity contribution < 1.29 is 19.1 Å². The molecule has 1 amide bonds. The van der Waals surface area contributed by atoms with Crippen LogP contribution in [0.1, 0.15) is 39.2 Å². The Balaban J connectivity index is 1.95. The van der Waals surface area contributed by atoms with E-state index in [1.807, 2.05) is 0 Å². The first-order chi connectivity index (χ1) is 10.6. The third-order valence-electron chi connectivity index (χ3n) is 4.02. The molecule has 0 radical (unpaired) electrons. The second-order valence-electron chi connectivity index (χ2n) is 6.95. The molecule has 6 nitrogen and oxygen atoms in total. The topological polar surface area (TPSA) is 76.6 Å². The van der Waals surface area contributed by atoms with Gasteiger partial charge in [0.2, 0.25) is 5.91 Å². The molecule has 1 aromatic rings. The highest BCUT2D eigenvalue weighted by Gasteiger charge is 2.59. The lowest BCUT2D eigenvalue weighted by atomic mass is 9.64. The molecule has 0 saturated heterocycles. The van der Waals surface area contributed by atoms with Gasteiger partial charge < -0.3 is 4.74 Å². The molecule has 1 saturated carbocycles. The van der Waals surface area contributed by atoms with Crippen LogP contribution in [0.5, 0.6) is 0 Å². The van der Waals surface area contributed by atoms with Crippen LogP contribution in [0.15, 0.2) is 12.3 Å². The zero-order chi connectivity index (χ0) is 17.0. The Hall–Kier alpha value is -1.95. The number of hydrogen-bond acceptors (Lipinski definition) is 5. The average Bonchev–Trinajstić information content (AvgIpc) is 2.60. The van der Waals surface area contributed by atoms with E-state index >= 15 is 0 Å². The molecular formula is C16H17ClN2O4. The SMILES string of the molecule is CC(C)(C)OC(=O)CN1C(=O)C2(CC(=O)C2)c2ccnc(Cl)c21. The van der Waals surface area contributed by atoms with Crippen molar-refractivity contribution in [1.29, 1.82) is 0 Å². The number of rotatable bonds is 2. The predicted molar refractivity (Wildman–Crippen MR) is 83.4 cm³/mol. The smallest absolute Gasteiger partial charge is 0.326 e. The van der Waals surface area contributed by atoms with Gasteiger partial charge in [0.15, 0.2) is 5.15 Å². The quantitative estimate of drug-likeness (QED) is 0.610. The van der Waals surface area contributed by atoms with Crippen molar-refractivity contribution in [3.63, 3.8) is 0 Å². The first-order valence-electron chi connectivity index (χ1n) is 7.34. The number of fused-ring (bicyclic) bond motifs is 2. The number of ether oxygens (including phenoxy) is 1. The number of aromatic nitrogens is 1. The molecule has 0 aromatic carbocycles. The minimum atomic E-state index is -0.888. The Labute approximate surface area is 138 Å². The molecule has 1 aliphatic carbocycles. The summed E-state index contributed by atoms with van der Waals surface area (Å²) in [7, 11) is 0. The van der Waals surface area contributed by atoms with Gasteiger partial charge in [-0.25, -0.2) is 4.98 Å². The zero-order valence-electron chi connectivity index (χ0n) is 13.2. The van der Waals surface area contributed by atoms with E-state index in [0.29, 0.717) is 11.3 Å². The van der Waals surface area contributed by atoms with Gasteiger partial charge in [-0.1, -0.05) is 11.6 Å². The molecular weight excluding hydrogens is 320 g/mol. The number of halogens is 1. The van der Waals surface area contributed by atoms with Crippen molar-refractivity contribution >= 4 is 34.9 Å². The van der Waals surface area contributed by atoms with Crippen LogP contribution in [-0.4, -0.2) is 34.8 Å². The Morgan fingerprint density at radius 3 is 2.61 bits per heavy atom. The van der Waals surface area contributed by atoms with Crippen LogP contribution in [0.4, 0.5) is 5.69 Å². The van der Waals surface area contributed by atoms with E-state index in [4.69, 9.17) is 16.3 Å². The van der Waals surface area contributed by atoms with Gasteiger partial charge in [-0.3, -0.25) is 19.3 Å². The molecule has 122 valence electrons. The van der Waals surface area contributed by atoms with Gasteiger partial charge in [0.25, 0.3) is 0 Å². The number of hydrogen-bond donors (Lipinski definition) is 0. The van der Waals surface area contributed by atoms with Gasteiger partial charge in [-0.05, 0) is 32.4 Å². The Kier molecular flexibility index (Phi) is 3.48. The lowest BCUT2D eigenvalue weighted by Gasteiger charge is -2.35. The van der Waals surface area contributed by atoms with Crippen LogP contribution >= 0.6 is 11.6 Å². The van der Waals surface area contributed by atoms with Crippen molar-refractivity contribution in [2.24, 2.45) is 0 Å². The molecule has 0 N–H and O–H groups in total. The van der Waals surface area contributed by atoms with E-state index in [0.717, 1.165) is 0 Å². The summed E-state index contributed by atoms with van der Waals surface area (Å²) in [4.78, 5) is 41.8. The maximum Gasteiger partial charge on any atom is 0.326 e. The van der Waals surface area contributed by atoms with E-state index in [9.17, 15) is 14.4 Å². The van der Waals surface area contributed by atoms with Gasteiger partial charge in [-0.2, -0.15) is 0 Å². The van der Waals surface area contributed by atoms with Crippen LogP contribution in [0.25, 0.3) is 0 Å². The fourth-order valence-electron chi connectivity index (χ4n) is 3.16. The molecule has 1 spiro atoms. The number of Topliss-reactive ketones (excluding diaryl/α,β-unsaturated/α-hetero) is 1. The number of amides is 1. The number of carbonyl (C=O) groups excluding carboxylic acids is 3. The van der Waals surface area contributed by atoms with Gasteiger partial charge in [0.05, 0.1) is 11.1 Å². The summed E-state index contributed by atoms with van der Waals surface area (Å²) in [5, 5.41) is 0.149. The van der Waals surface area contributed by atoms with Crippen molar-refractivity contribution in [1.82, 2.24) is 4.98 Å². The molecule has 0 bridgehead atoms. The van der Waals surface area contributed by atoms with E-state index in [1.165, 1.54) is 11.1 Å². The van der Waals surface area contributed by atoms with E-state index in [-0.39, 0.29) is 36.2 Å². The maximum atomic E-state index is 12.8. The number of nitrogens with zero attached hydrogens (tertiary/aromatic N) is 2. The van der Waals surface area contributed by atoms with Crippen LogP contribution in [0.2, 0.25) is 5.15 Å². The van der Waals surface area contributed by atoms with Crippen LogP contribution in [-0.2, 0) is 24.5 Å². The monoisotopic (exact) mass is 336 g/mol. The average molecular weight is 337 g/mol. The maximum absolute atomic E-state index is 12.8. The largest absolute Gasteiger partial charge is 0.459 e. The highest BCUT2D eigenvalue weighted by atomic mass is 35.5. The predicted octanol–water partition coefficient (Wildman–Crippen LogP) is 2.02. The Morgan fingerprint density at radius 2 is 2.04 bits per heavy atom. The summed E-state index contributed by atoms with van der Waals surface area (Å²) in [6.45, 7) is 5.02. The molecule has 7 heteroatoms. The number of esters is 1. The van der Waals surface area contributed by atoms with Gasteiger partial charge in [-0.15, -0.1) is 0 Å². The summed E-state index contributed by atoms with van der Waals surface area (Å²) in [5.74, 6) is -0.788. The fourth-order valence-corrected chi connectivity index (χ4v) is 3.42. The Morgan fingerprint density at radius 1 is 1.39 bits per heavy atom. The first kappa shape index (κ1) is 15.9. The van der Waals surface area contributed by atoms with Crippen molar-refractivity contribution in [2.75, 3.05) is 11.4 Å². The minimum absolute atomic E-state index is 0.0244. The van der Waals surface area contributed by atoms with Crippen LogP contribution < -0.4 is 4.90 Å². The van der Waals surface area contributed by atoms with Crippen molar-refractivity contribution in [2.45, 2.75) is 44.6 Å². The fraction of sp³-hybridized carbons (Fsp3) is 0.500. The van der Waals surface area contributed by atoms with Gasteiger partial charge >= 0.3 is 5.97 Å². The third-order valence-corrected chi connectivity index (χ3v) is 4.30. The molecule has 1 aliphatic heterocycles. The molecule has 2 heterocycles. The molecule has 0 unspecified atom stereocenters. The van der Waals surface area contributed by atoms with Gasteiger partial charge in [0, 0.05) is 19.0 Å². The summed E-state index contributed by atoms with van der Waals surface area (Å²) < 4.78 is 5.28. The zero-order valence-corrected chi connectivity index (χ0v) is 13.9. The number of pyridine rings is 1. The van der Waals surface area contributed by atoms with Crippen molar-refractivity contribution in [3.05, 3.63) is 23.0 Å². The standard InChI is InChI=1S/C16H17ClN2O4/c1-15(2,3)23-11(21)8-19-12-10(4-5-18-13(12)17)16(14(19)22)6-9(20)7-16/h4-5H,6-8H2,1-3H3. The number of carbonyl (C=O) groups is 3. The van der Waals surface area contributed by atoms with Crippen LogP contribution in [0.3, 0.4) is 0 Å². The summed E-state index contributed by atoms with van der Waals surface area (Å²) >= 11 is 6.15. The minimum Gasteiger partial charge on any atom is -0.459 e. The van der Waals surface area contributed by atoms with E-state index < -0.39 is 17.0 Å². The molecule has 3 rings (SSSR count). The highest BCUT2D eigenvalue weighted by molar-refractivity contribution is 6.34. The first-order valence-corrected chi connectivity index (χ1v) is 7.72. The normalized spacial score (nSPS) is 18.9. The third kappa shape index (κ3) is 2.51. The molecule has 2 aliphatic rings. The number of anilines is 1. The summed E-state index contributed by atoms with van der Waals surface area (Å²) in [5.41, 5.74) is -0.449. The van der Waals surface area contributed by atoms with E-state index in [2.05, 4.69) is 4.98 Å². The summed E-state index contributed by atoms with van der Waals surface area (Å²) in [6, 6.07) is 1.70. The lowest BCUT2D eigenvalue weighted by molar-refractivity contribution is -0.153. The molecule has 1 aromatic heterocycles. The van der Waals surface area contributed by atoms with Crippen molar-refractivity contribution in [3.8, 4) is 0 Å². The molecule has 1 fully saturated rings. The van der Waals surface area contributed by atoms with Crippen LogP contribution in [0, 0.1) is 0 Å². The van der Waals surface area contributed by atoms with Gasteiger partial charge in [0.1, 0.15) is 17.9 Å². The molecule has 0 atom stereocenters. The second kappa shape index (κ2) is 5.03. The summed E-state index contributed by atoms with van der Waals surface area (Å²) in [6.07, 6.45) is 1.80. The lowest BCUT2D eigenvalue weighted by Crippen LogP contribution is -2.51. The van der Waals surface area contributed by atoms with E-state index in [1.54, 1.807) is 26.8 Å². The number of ketones is 1.